The van der Waals surface area contributed by atoms with E-state index in [0.717, 1.165) is 28.3 Å². The van der Waals surface area contributed by atoms with Crippen molar-refractivity contribution in [3.63, 3.8) is 0 Å². The summed E-state index contributed by atoms with van der Waals surface area (Å²) in [5.74, 6) is 0.472. The first-order valence-electron chi connectivity index (χ1n) is 10.3. The maximum atomic E-state index is 13.1. The second-order valence-electron chi connectivity index (χ2n) is 7.14. The van der Waals surface area contributed by atoms with Gasteiger partial charge in [0.2, 0.25) is 5.88 Å². The molecule has 0 amide bonds. The summed E-state index contributed by atoms with van der Waals surface area (Å²) < 4.78 is 12.8. The van der Waals surface area contributed by atoms with Gasteiger partial charge in [-0.25, -0.2) is 4.68 Å². The summed E-state index contributed by atoms with van der Waals surface area (Å²) in [4.78, 5) is 13.1. The van der Waals surface area contributed by atoms with Crippen LogP contribution in [-0.4, -0.2) is 22.9 Å². The van der Waals surface area contributed by atoms with Gasteiger partial charge in [0.15, 0.2) is 0 Å². The number of hydrogen-bond donors (Lipinski definition) is 0. The van der Waals surface area contributed by atoms with Crippen molar-refractivity contribution in [1.82, 2.24) is 9.78 Å². The van der Waals surface area contributed by atoms with Crippen LogP contribution in [0.3, 0.4) is 0 Å². The SMILES string of the molecule is CCC(C(=O)Oc1cc(-c2ccccc2)nn1-c1ccc(OC)cc1)c1ccccc1. The molecule has 0 N–H and O–H groups in total. The van der Waals surface area contributed by atoms with Gasteiger partial charge in [0.25, 0.3) is 0 Å². The number of methoxy groups -OCH3 is 1. The fourth-order valence-electron chi connectivity index (χ4n) is 3.49. The van der Waals surface area contributed by atoms with E-state index in [4.69, 9.17) is 14.6 Å². The average molecular weight is 412 g/mol. The lowest BCUT2D eigenvalue weighted by atomic mass is 9.97. The molecule has 1 unspecified atom stereocenters. The molecule has 0 spiro atoms. The van der Waals surface area contributed by atoms with E-state index in [9.17, 15) is 4.79 Å². The highest BCUT2D eigenvalue weighted by Gasteiger charge is 2.23. The molecule has 0 fully saturated rings. The highest BCUT2D eigenvalue weighted by molar-refractivity contribution is 5.80. The molecule has 156 valence electrons. The van der Waals surface area contributed by atoms with E-state index in [1.165, 1.54) is 0 Å². The Morgan fingerprint density at radius 2 is 1.58 bits per heavy atom. The zero-order valence-electron chi connectivity index (χ0n) is 17.6. The molecule has 31 heavy (non-hydrogen) atoms. The first kappa shape index (κ1) is 20.4. The van der Waals surface area contributed by atoms with Gasteiger partial charge in [0, 0.05) is 11.6 Å². The predicted octanol–water partition coefficient (Wildman–Crippen LogP) is 5.65. The maximum Gasteiger partial charge on any atom is 0.320 e. The quantitative estimate of drug-likeness (QED) is 0.368. The van der Waals surface area contributed by atoms with Crippen molar-refractivity contribution in [2.45, 2.75) is 19.3 Å². The van der Waals surface area contributed by atoms with Crippen molar-refractivity contribution >= 4 is 5.97 Å². The Kier molecular flexibility index (Phi) is 6.13. The van der Waals surface area contributed by atoms with Crippen LogP contribution in [0.25, 0.3) is 16.9 Å². The van der Waals surface area contributed by atoms with Crippen LogP contribution in [0.2, 0.25) is 0 Å². The Bertz CT molecular complexity index is 1140. The van der Waals surface area contributed by atoms with Crippen LogP contribution in [0.15, 0.2) is 91.0 Å². The van der Waals surface area contributed by atoms with Gasteiger partial charge in [-0.3, -0.25) is 4.79 Å². The van der Waals surface area contributed by atoms with Crippen molar-refractivity contribution in [3.8, 4) is 28.6 Å². The lowest BCUT2D eigenvalue weighted by Crippen LogP contribution is -2.19. The second kappa shape index (κ2) is 9.30. The zero-order valence-corrected chi connectivity index (χ0v) is 17.6. The van der Waals surface area contributed by atoms with E-state index in [1.54, 1.807) is 17.9 Å². The summed E-state index contributed by atoms with van der Waals surface area (Å²) in [6.45, 7) is 1.98. The molecule has 0 aliphatic rings. The van der Waals surface area contributed by atoms with Crippen LogP contribution in [0.5, 0.6) is 11.6 Å². The van der Waals surface area contributed by atoms with Gasteiger partial charge in [-0.15, -0.1) is 0 Å². The molecule has 3 aromatic carbocycles. The first-order chi connectivity index (χ1) is 15.2. The van der Waals surface area contributed by atoms with E-state index in [1.807, 2.05) is 91.9 Å². The van der Waals surface area contributed by atoms with Crippen LogP contribution in [0, 0.1) is 0 Å². The number of ether oxygens (including phenoxy) is 2. The Morgan fingerprint density at radius 1 is 0.935 bits per heavy atom. The molecule has 5 nitrogen and oxygen atoms in total. The average Bonchev–Trinajstić information content (AvgIpc) is 3.24. The van der Waals surface area contributed by atoms with Gasteiger partial charge >= 0.3 is 5.97 Å². The minimum absolute atomic E-state index is 0.303. The Morgan fingerprint density at radius 3 is 2.19 bits per heavy atom. The highest BCUT2D eigenvalue weighted by Crippen LogP contribution is 2.29. The van der Waals surface area contributed by atoms with Crippen molar-refractivity contribution in [2.75, 3.05) is 7.11 Å². The molecule has 0 aliphatic heterocycles. The summed E-state index contributed by atoms with van der Waals surface area (Å²) >= 11 is 0. The Labute approximate surface area is 181 Å². The minimum atomic E-state index is -0.347. The summed E-state index contributed by atoms with van der Waals surface area (Å²) in [6, 6.07) is 28.8. The molecule has 1 heterocycles. The standard InChI is InChI=1S/C26H24N2O3/c1-3-23(19-10-6-4-7-11-19)26(29)31-25-18-24(20-12-8-5-9-13-20)27-28(25)21-14-16-22(30-2)17-15-21/h4-18,23H,3H2,1-2H3. The second-order valence-corrected chi connectivity index (χ2v) is 7.14. The van der Waals surface area contributed by atoms with Gasteiger partial charge in [-0.05, 0) is 36.2 Å². The van der Waals surface area contributed by atoms with Crippen molar-refractivity contribution < 1.29 is 14.3 Å². The summed E-state index contributed by atoms with van der Waals surface area (Å²) in [5, 5.41) is 4.72. The number of nitrogens with zero attached hydrogens (tertiary/aromatic N) is 2. The minimum Gasteiger partial charge on any atom is -0.497 e. The summed E-state index contributed by atoms with van der Waals surface area (Å²) in [6.07, 6.45) is 0.644. The maximum absolute atomic E-state index is 13.1. The number of esters is 1. The number of benzene rings is 3. The normalized spacial score (nSPS) is 11.7. The molecule has 0 saturated heterocycles. The Balaban J connectivity index is 1.71. The number of aromatic nitrogens is 2. The monoisotopic (exact) mass is 412 g/mol. The topological polar surface area (TPSA) is 53.3 Å². The molecule has 1 atom stereocenters. The summed E-state index contributed by atoms with van der Waals surface area (Å²) in [5.41, 5.74) is 3.39. The van der Waals surface area contributed by atoms with Crippen LogP contribution in [0.4, 0.5) is 0 Å². The zero-order chi connectivity index (χ0) is 21.6. The third-order valence-corrected chi connectivity index (χ3v) is 5.16. The van der Waals surface area contributed by atoms with Gasteiger partial charge in [0.05, 0.1) is 24.4 Å². The van der Waals surface area contributed by atoms with Gasteiger partial charge < -0.3 is 9.47 Å². The molecule has 4 aromatic rings. The van der Waals surface area contributed by atoms with Crippen LogP contribution in [0.1, 0.15) is 24.8 Å². The van der Waals surface area contributed by atoms with E-state index in [0.29, 0.717) is 12.3 Å². The van der Waals surface area contributed by atoms with E-state index < -0.39 is 0 Å². The lowest BCUT2D eigenvalue weighted by molar-refractivity contribution is -0.136. The van der Waals surface area contributed by atoms with E-state index in [2.05, 4.69) is 0 Å². The number of carbonyl (C=O) groups is 1. The molecule has 5 heteroatoms. The van der Waals surface area contributed by atoms with E-state index >= 15 is 0 Å². The van der Waals surface area contributed by atoms with Gasteiger partial charge in [-0.1, -0.05) is 67.6 Å². The molecular formula is C26H24N2O3. The highest BCUT2D eigenvalue weighted by atomic mass is 16.5. The lowest BCUT2D eigenvalue weighted by Gasteiger charge is -2.15. The van der Waals surface area contributed by atoms with E-state index in [-0.39, 0.29) is 11.9 Å². The van der Waals surface area contributed by atoms with Crippen LogP contribution < -0.4 is 9.47 Å². The van der Waals surface area contributed by atoms with Crippen LogP contribution in [-0.2, 0) is 4.79 Å². The molecular weight excluding hydrogens is 388 g/mol. The molecule has 4 rings (SSSR count). The Hall–Kier alpha value is -3.86. The van der Waals surface area contributed by atoms with Crippen molar-refractivity contribution in [2.24, 2.45) is 0 Å². The van der Waals surface area contributed by atoms with Gasteiger partial charge in [-0.2, -0.15) is 5.10 Å². The summed E-state index contributed by atoms with van der Waals surface area (Å²) in [7, 11) is 1.62. The molecule has 0 bridgehead atoms. The number of hydrogen-bond acceptors (Lipinski definition) is 4. The van der Waals surface area contributed by atoms with Crippen molar-refractivity contribution in [3.05, 3.63) is 96.6 Å². The third-order valence-electron chi connectivity index (χ3n) is 5.16. The van der Waals surface area contributed by atoms with Crippen molar-refractivity contribution in [1.29, 1.82) is 0 Å². The third kappa shape index (κ3) is 4.51. The molecule has 0 radical (unpaired) electrons. The predicted molar refractivity (Wildman–Crippen MR) is 121 cm³/mol. The fourth-order valence-corrected chi connectivity index (χ4v) is 3.49. The molecule has 0 aliphatic carbocycles. The number of rotatable bonds is 7. The molecule has 0 saturated carbocycles. The number of carbonyl (C=O) groups excluding carboxylic acids is 1. The molecule has 1 aromatic heterocycles. The van der Waals surface area contributed by atoms with Crippen LogP contribution >= 0.6 is 0 Å². The van der Waals surface area contributed by atoms with Gasteiger partial charge in [0.1, 0.15) is 5.75 Å². The first-order valence-corrected chi connectivity index (χ1v) is 10.3. The largest absolute Gasteiger partial charge is 0.497 e. The smallest absolute Gasteiger partial charge is 0.320 e. The fraction of sp³-hybridized carbons (Fsp3) is 0.154.